The van der Waals surface area contributed by atoms with Crippen molar-refractivity contribution in [3.8, 4) is 0 Å². The lowest BCUT2D eigenvalue weighted by molar-refractivity contribution is 0.0143. The predicted octanol–water partition coefficient (Wildman–Crippen LogP) is 1.98. The molecule has 2 atom stereocenters. The number of nitrogens with zero attached hydrogens (tertiary/aromatic N) is 1. The fourth-order valence-corrected chi connectivity index (χ4v) is 2.02. The molecule has 0 radical (unpaired) electrons. The van der Waals surface area contributed by atoms with E-state index in [1.54, 1.807) is 4.90 Å². The van der Waals surface area contributed by atoms with Crippen LogP contribution < -0.4 is 5.73 Å². The Labute approximate surface area is 98.1 Å². The van der Waals surface area contributed by atoms with E-state index in [4.69, 9.17) is 10.5 Å². The topological polar surface area (TPSA) is 55.6 Å². The molecule has 0 aromatic heterocycles. The van der Waals surface area contributed by atoms with Gasteiger partial charge >= 0.3 is 6.09 Å². The predicted molar refractivity (Wildman–Crippen MR) is 64.2 cm³/mol. The SMILES string of the molecule is CCC1CC(N)CN(C(=O)OC(C)(C)C)C1. The smallest absolute Gasteiger partial charge is 0.410 e. The zero-order chi connectivity index (χ0) is 12.3. The summed E-state index contributed by atoms with van der Waals surface area (Å²) in [6.45, 7) is 9.17. The maximum Gasteiger partial charge on any atom is 0.410 e. The molecule has 1 aliphatic heterocycles. The lowest BCUT2D eigenvalue weighted by Crippen LogP contribution is -2.50. The molecule has 2 unspecified atom stereocenters. The molecule has 0 bridgehead atoms. The van der Waals surface area contributed by atoms with Crippen molar-refractivity contribution in [2.24, 2.45) is 11.7 Å². The number of rotatable bonds is 1. The molecule has 1 heterocycles. The molecule has 1 aliphatic rings. The standard InChI is InChI=1S/C12H24N2O2/c1-5-9-6-10(13)8-14(7-9)11(15)16-12(2,3)4/h9-10H,5-8,13H2,1-4H3. The van der Waals surface area contributed by atoms with E-state index in [0.717, 1.165) is 19.4 Å². The average Bonchev–Trinajstić information content (AvgIpc) is 2.14. The normalized spacial score (nSPS) is 26.7. The van der Waals surface area contributed by atoms with Crippen LogP contribution in [0.2, 0.25) is 0 Å². The highest BCUT2D eigenvalue weighted by molar-refractivity contribution is 5.68. The number of piperidine rings is 1. The quantitative estimate of drug-likeness (QED) is 0.746. The maximum absolute atomic E-state index is 11.9. The van der Waals surface area contributed by atoms with Gasteiger partial charge in [0.2, 0.25) is 0 Å². The number of nitrogens with two attached hydrogens (primary N) is 1. The summed E-state index contributed by atoms with van der Waals surface area (Å²) in [7, 11) is 0. The molecule has 0 aromatic rings. The molecule has 4 nitrogen and oxygen atoms in total. The molecule has 1 fully saturated rings. The van der Waals surface area contributed by atoms with Crippen LogP contribution in [0.25, 0.3) is 0 Å². The molecule has 1 rings (SSSR count). The van der Waals surface area contributed by atoms with Crippen LogP contribution in [-0.2, 0) is 4.74 Å². The van der Waals surface area contributed by atoms with E-state index in [1.807, 2.05) is 20.8 Å². The van der Waals surface area contributed by atoms with Gasteiger partial charge in [-0.05, 0) is 33.1 Å². The minimum atomic E-state index is -0.430. The van der Waals surface area contributed by atoms with E-state index in [2.05, 4.69) is 6.92 Å². The van der Waals surface area contributed by atoms with Crippen LogP contribution in [0.3, 0.4) is 0 Å². The number of likely N-dealkylation sites (tertiary alicyclic amines) is 1. The summed E-state index contributed by atoms with van der Waals surface area (Å²) in [6.07, 6.45) is 1.84. The van der Waals surface area contributed by atoms with Gasteiger partial charge < -0.3 is 15.4 Å². The lowest BCUT2D eigenvalue weighted by atomic mass is 9.93. The van der Waals surface area contributed by atoms with Crippen LogP contribution in [-0.4, -0.2) is 35.7 Å². The largest absolute Gasteiger partial charge is 0.444 e. The van der Waals surface area contributed by atoms with Gasteiger partial charge in [0.05, 0.1) is 0 Å². The van der Waals surface area contributed by atoms with E-state index >= 15 is 0 Å². The molecule has 0 spiro atoms. The van der Waals surface area contributed by atoms with Crippen LogP contribution in [0.5, 0.6) is 0 Å². The first-order chi connectivity index (χ1) is 7.31. The first-order valence-corrected chi connectivity index (χ1v) is 6.05. The molecular formula is C12H24N2O2. The van der Waals surface area contributed by atoms with Gasteiger partial charge in [-0.15, -0.1) is 0 Å². The number of hydrogen-bond donors (Lipinski definition) is 1. The summed E-state index contributed by atoms with van der Waals surface area (Å²) < 4.78 is 5.35. The van der Waals surface area contributed by atoms with Crippen LogP contribution in [0.15, 0.2) is 0 Å². The molecule has 1 saturated heterocycles. The summed E-state index contributed by atoms with van der Waals surface area (Å²) in [6, 6.07) is 0.0891. The van der Waals surface area contributed by atoms with E-state index in [1.165, 1.54) is 0 Å². The van der Waals surface area contributed by atoms with E-state index in [0.29, 0.717) is 12.5 Å². The monoisotopic (exact) mass is 228 g/mol. The number of ether oxygens (including phenoxy) is 1. The highest BCUT2D eigenvalue weighted by atomic mass is 16.6. The summed E-state index contributed by atoms with van der Waals surface area (Å²) in [5.74, 6) is 0.510. The summed E-state index contributed by atoms with van der Waals surface area (Å²) >= 11 is 0. The van der Waals surface area contributed by atoms with Gasteiger partial charge in [-0.2, -0.15) is 0 Å². The van der Waals surface area contributed by atoms with E-state index < -0.39 is 5.60 Å². The van der Waals surface area contributed by atoms with Crippen LogP contribution in [0, 0.1) is 5.92 Å². The van der Waals surface area contributed by atoms with Crippen molar-refractivity contribution in [1.29, 1.82) is 0 Å². The van der Waals surface area contributed by atoms with E-state index in [9.17, 15) is 4.79 Å². The Morgan fingerprint density at radius 2 is 2.06 bits per heavy atom. The number of amides is 1. The Bertz CT molecular complexity index is 248. The average molecular weight is 228 g/mol. The molecule has 2 N–H and O–H groups in total. The van der Waals surface area contributed by atoms with Crippen LogP contribution in [0.4, 0.5) is 4.79 Å². The van der Waals surface area contributed by atoms with Crippen molar-refractivity contribution >= 4 is 6.09 Å². The minimum absolute atomic E-state index is 0.0891. The minimum Gasteiger partial charge on any atom is -0.444 e. The second-order valence-electron chi connectivity index (χ2n) is 5.66. The molecule has 1 amide bonds. The number of carbonyl (C=O) groups excluding carboxylic acids is 1. The van der Waals surface area contributed by atoms with Gasteiger partial charge in [-0.25, -0.2) is 4.79 Å². The van der Waals surface area contributed by atoms with Crippen molar-refractivity contribution in [1.82, 2.24) is 4.90 Å². The maximum atomic E-state index is 11.9. The Hall–Kier alpha value is -0.770. The Kier molecular flexibility index (Phi) is 4.19. The first-order valence-electron chi connectivity index (χ1n) is 6.05. The molecule has 94 valence electrons. The van der Waals surface area contributed by atoms with Gasteiger partial charge in [-0.1, -0.05) is 13.3 Å². The van der Waals surface area contributed by atoms with E-state index in [-0.39, 0.29) is 12.1 Å². The van der Waals surface area contributed by atoms with Crippen LogP contribution >= 0.6 is 0 Å². The second-order valence-corrected chi connectivity index (χ2v) is 5.66. The third kappa shape index (κ3) is 4.00. The fourth-order valence-electron chi connectivity index (χ4n) is 2.02. The van der Waals surface area contributed by atoms with Gasteiger partial charge in [-0.3, -0.25) is 0 Å². The van der Waals surface area contributed by atoms with Crippen LogP contribution in [0.1, 0.15) is 40.5 Å². The Morgan fingerprint density at radius 1 is 1.44 bits per heavy atom. The van der Waals surface area contributed by atoms with Crippen molar-refractivity contribution in [3.05, 3.63) is 0 Å². The molecule has 0 aromatic carbocycles. The molecule has 16 heavy (non-hydrogen) atoms. The second kappa shape index (κ2) is 5.04. The summed E-state index contributed by atoms with van der Waals surface area (Å²) in [5, 5.41) is 0. The Morgan fingerprint density at radius 3 is 2.56 bits per heavy atom. The highest BCUT2D eigenvalue weighted by Gasteiger charge is 2.30. The van der Waals surface area contributed by atoms with Crippen molar-refractivity contribution in [2.75, 3.05) is 13.1 Å². The third-order valence-electron chi connectivity index (χ3n) is 2.80. The highest BCUT2D eigenvalue weighted by Crippen LogP contribution is 2.20. The van der Waals surface area contributed by atoms with Crippen molar-refractivity contribution in [2.45, 2.75) is 52.2 Å². The number of carbonyl (C=O) groups is 1. The summed E-state index contributed by atoms with van der Waals surface area (Å²) in [5.41, 5.74) is 5.51. The van der Waals surface area contributed by atoms with Gasteiger partial charge in [0.15, 0.2) is 0 Å². The van der Waals surface area contributed by atoms with Gasteiger partial charge in [0.25, 0.3) is 0 Å². The first kappa shape index (κ1) is 13.3. The number of hydrogen-bond acceptors (Lipinski definition) is 3. The van der Waals surface area contributed by atoms with Gasteiger partial charge in [0, 0.05) is 19.1 Å². The molecule has 0 saturated carbocycles. The lowest BCUT2D eigenvalue weighted by Gasteiger charge is -2.36. The van der Waals surface area contributed by atoms with Crippen molar-refractivity contribution < 1.29 is 9.53 Å². The van der Waals surface area contributed by atoms with Crippen molar-refractivity contribution in [3.63, 3.8) is 0 Å². The zero-order valence-electron chi connectivity index (χ0n) is 10.8. The Balaban J connectivity index is 2.55. The van der Waals surface area contributed by atoms with Gasteiger partial charge in [0.1, 0.15) is 5.60 Å². The molecular weight excluding hydrogens is 204 g/mol. The zero-order valence-corrected chi connectivity index (χ0v) is 10.8. The molecule has 0 aliphatic carbocycles. The fraction of sp³-hybridized carbons (Fsp3) is 0.917. The molecule has 4 heteroatoms. The third-order valence-corrected chi connectivity index (χ3v) is 2.80. The summed E-state index contributed by atoms with van der Waals surface area (Å²) in [4.78, 5) is 13.6.